The van der Waals surface area contributed by atoms with Crippen molar-refractivity contribution in [3.05, 3.63) is 47.5 Å². The van der Waals surface area contributed by atoms with Crippen molar-refractivity contribution < 1.29 is 18.7 Å². The molecule has 0 amide bonds. The van der Waals surface area contributed by atoms with Crippen molar-refractivity contribution in [3.63, 3.8) is 0 Å². The summed E-state index contributed by atoms with van der Waals surface area (Å²) in [6.45, 7) is 0. The third-order valence-corrected chi connectivity index (χ3v) is 2.38. The number of rotatable bonds is 2. The molecule has 0 saturated heterocycles. The average molecular weight is 222 g/mol. The lowest BCUT2D eigenvalue weighted by Crippen LogP contribution is -1.99. The highest BCUT2D eigenvalue weighted by Gasteiger charge is 2.15. The van der Waals surface area contributed by atoms with E-state index >= 15 is 0 Å². The number of alkyl halides is 2. The molecular formula is C12H8F2O2. The molecule has 1 N–H and O–H groups in total. The summed E-state index contributed by atoms with van der Waals surface area (Å²) in [5.74, 6) is -1.20. The van der Waals surface area contributed by atoms with Gasteiger partial charge in [-0.15, -0.1) is 0 Å². The van der Waals surface area contributed by atoms with Crippen LogP contribution >= 0.6 is 0 Å². The topological polar surface area (TPSA) is 37.3 Å². The molecule has 0 heterocycles. The Morgan fingerprint density at radius 2 is 1.88 bits per heavy atom. The molecule has 0 unspecified atom stereocenters. The van der Waals surface area contributed by atoms with E-state index in [-0.39, 0.29) is 11.1 Å². The second kappa shape index (κ2) is 3.89. The lowest BCUT2D eigenvalue weighted by atomic mass is 10.0. The highest BCUT2D eigenvalue weighted by Crippen LogP contribution is 2.29. The maximum Gasteiger partial charge on any atom is 0.335 e. The van der Waals surface area contributed by atoms with Crippen molar-refractivity contribution in [3.8, 4) is 0 Å². The summed E-state index contributed by atoms with van der Waals surface area (Å²) in [5.41, 5.74) is -0.357. The number of benzene rings is 2. The van der Waals surface area contributed by atoms with Crippen LogP contribution in [-0.4, -0.2) is 11.1 Å². The Bertz CT molecular complexity index is 550. The Kier molecular flexibility index (Phi) is 2.56. The molecule has 2 nitrogen and oxygen atoms in total. The molecule has 2 aromatic rings. The van der Waals surface area contributed by atoms with Crippen LogP contribution in [0.15, 0.2) is 36.4 Å². The fourth-order valence-corrected chi connectivity index (χ4v) is 1.64. The molecule has 0 fully saturated rings. The molecule has 0 spiro atoms. The quantitative estimate of drug-likeness (QED) is 0.844. The first-order chi connectivity index (χ1) is 7.59. The summed E-state index contributed by atoms with van der Waals surface area (Å²) in [6, 6.07) is 8.92. The van der Waals surface area contributed by atoms with Gasteiger partial charge in [-0.2, -0.15) is 0 Å². The van der Waals surface area contributed by atoms with E-state index in [1.54, 1.807) is 24.3 Å². The molecular weight excluding hydrogens is 214 g/mol. The average Bonchev–Trinajstić information content (AvgIpc) is 2.27. The van der Waals surface area contributed by atoms with Gasteiger partial charge in [0, 0.05) is 5.56 Å². The van der Waals surface area contributed by atoms with Crippen molar-refractivity contribution in [2.75, 3.05) is 0 Å². The Balaban J connectivity index is 2.78. The molecule has 0 saturated carbocycles. The Morgan fingerprint density at radius 1 is 1.19 bits per heavy atom. The molecule has 82 valence electrons. The van der Waals surface area contributed by atoms with Crippen LogP contribution in [0.4, 0.5) is 8.78 Å². The first-order valence-electron chi connectivity index (χ1n) is 4.63. The van der Waals surface area contributed by atoms with Crippen molar-refractivity contribution >= 4 is 16.7 Å². The van der Waals surface area contributed by atoms with E-state index in [4.69, 9.17) is 5.11 Å². The van der Waals surface area contributed by atoms with Gasteiger partial charge in [-0.05, 0) is 22.9 Å². The number of aromatic carboxylic acids is 1. The molecule has 2 aromatic carbocycles. The second-order valence-corrected chi connectivity index (χ2v) is 3.39. The van der Waals surface area contributed by atoms with E-state index in [0.717, 1.165) is 6.07 Å². The summed E-state index contributed by atoms with van der Waals surface area (Å²) in [4.78, 5) is 10.8. The van der Waals surface area contributed by atoms with Gasteiger partial charge in [-0.25, -0.2) is 13.6 Å². The van der Waals surface area contributed by atoms with Crippen LogP contribution in [-0.2, 0) is 0 Å². The first-order valence-corrected chi connectivity index (χ1v) is 4.63. The van der Waals surface area contributed by atoms with Gasteiger partial charge >= 0.3 is 5.97 Å². The van der Waals surface area contributed by atoms with Gasteiger partial charge in [0.2, 0.25) is 0 Å². The van der Waals surface area contributed by atoms with E-state index in [2.05, 4.69) is 0 Å². The molecule has 0 aromatic heterocycles. The molecule has 0 atom stereocenters. The molecule has 0 aliphatic rings. The molecule has 0 aliphatic heterocycles. The highest BCUT2D eigenvalue weighted by molar-refractivity contribution is 5.96. The summed E-state index contributed by atoms with van der Waals surface area (Å²) in [7, 11) is 0. The number of halogens is 2. The van der Waals surface area contributed by atoms with Crippen LogP contribution in [0.3, 0.4) is 0 Å². The van der Waals surface area contributed by atoms with Gasteiger partial charge in [0.25, 0.3) is 6.43 Å². The Hall–Kier alpha value is -1.97. The van der Waals surface area contributed by atoms with Crippen LogP contribution in [0.2, 0.25) is 0 Å². The standard InChI is InChI=1S/C12H8F2O2/c13-11(14)10-6-8(12(15)16)5-7-3-1-2-4-9(7)10/h1-6,11H,(H,15,16). The lowest BCUT2D eigenvalue weighted by molar-refractivity contribution is 0.0696. The highest BCUT2D eigenvalue weighted by atomic mass is 19.3. The number of carboxylic acids is 1. The second-order valence-electron chi connectivity index (χ2n) is 3.39. The molecule has 0 bridgehead atoms. The molecule has 0 radical (unpaired) electrons. The molecule has 0 aliphatic carbocycles. The van der Waals surface area contributed by atoms with Crippen LogP contribution in [0, 0.1) is 0 Å². The summed E-state index contributed by atoms with van der Waals surface area (Å²) >= 11 is 0. The third-order valence-electron chi connectivity index (χ3n) is 2.38. The predicted octanol–water partition coefficient (Wildman–Crippen LogP) is 3.48. The summed E-state index contributed by atoms with van der Waals surface area (Å²) in [6.07, 6.45) is -2.68. The van der Waals surface area contributed by atoms with Gasteiger partial charge in [-0.1, -0.05) is 24.3 Å². The maximum absolute atomic E-state index is 12.7. The van der Waals surface area contributed by atoms with E-state index < -0.39 is 12.4 Å². The fraction of sp³-hybridized carbons (Fsp3) is 0.0833. The number of hydrogen-bond donors (Lipinski definition) is 1. The van der Waals surface area contributed by atoms with Crippen LogP contribution in [0.5, 0.6) is 0 Å². The lowest BCUT2D eigenvalue weighted by Gasteiger charge is -2.07. The van der Waals surface area contributed by atoms with Gasteiger partial charge in [0.05, 0.1) is 5.56 Å². The monoisotopic (exact) mass is 222 g/mol. The van der Waals surface area contributed by atoms with Gasteiger partial charge in [0.1, 0.15) is 0 Å². The largest absolute Gasteiger partial charge is 0.478 e. The van der Waals surface area contributed by atoms with Gasteiger partial charge in [-0.3, -0.25) is 0 Å². The van der Waals surface area contributed by atoms with Crippen LogP contribution < -0.4 is 0 Å². The number of fused-ring (bicyclic) bond motifs is 1. The van der Waals surface area contributed by atoms with E-state index in [1.165, 1.54) is 6.07 Å². The zero-order valence-electron chi connectivity index (χ0n) is 8.15. The maximum atomic E-state index is 12.7. The van der Waals surface area contributed by atoms with Crippen molar-refractivity contribution in [1.29, 1.82) is 0 Å². The van der Waals surface area contributed by atoms with E-state index in [9.17, 15) is 13.6 Å². The molecule has 16 heavy (non-hydrogen) atoms. The van der Waals surface area contributed by atoms with Gasteiger partial charge < -0.3 is 5.11 Å². The zero-order chi connectivity index (χ0) is 11.7. The minimum atomic E-state index is -2.68. The minimum Gasteiger partial charge on any atom is -0.478 e. The normalized spacial score (nSPS) is 10.9. The van der Waals surface area contributed by atoms with Gasteiger partial charge in [0.15, 0.2) is 0 Å². The summed E-state index contributed by atoms with van der Waals surface area (Å²) in [5, 5.41) is 9.71. The molecule has 2 rings (SSSR count). The van der Waals surface area contributed by atoms with Crippen LogP contribution in [0.1, 0.15) is 22.3 Å². The minimum absolute atomic E-state index is 0.117. The fourth-order valence-electron chi connectivity index (χ4n) is 1.64. The van der Waals surface area contributed by atoms with Crippen molar-refractivity contribution in [1.82, 2.24) is 0 Å². The third kappa shape index (κ3) is 1.74. The van der Waals surface area contributed by atoms with Crippen molar-refractivity contribution in [2.45, 2.75) is 6.43 Å². The number of carbonyl (C=O) groups is 1. The van der Waals surface area contributed by atoms with E-state index in [1.807, 2.05) is 0 Å². The predicted molar refractivity (Wildman–Crippen MR) is 55.9 cm³/mol. The zero-order valence-corrected chi connectivity index (χ0v) is 8.15. The van der Waals surface area contributed by atoms with E-state index in [0.29, 0.717) is 10.8 Å². The number of carboxylic acid groups (broad SMARTS) is 1. The van der Waals surface area contributed by atoms with Crippen LogP contribution in [0.25, 0.3) is 10.8 Å². The number of hydrogen-bond acceptors (Lipinski definition) is 1. The Morgan fingerprint density at radius 3 is 2.50 bits per heavy atom. The molecule has 4 heteroatoms. The Labute approximate surface area is 90.1 Å². The summed E-state index contributed by atoms with van der Waals surface area (Å²) < 4.78 is 25.5. The van der Waals surface area contributed by atoms with Crippen molar-refractivity contribution in [2.24, 2.45) is 0 Å². The smallest absolute Gasteiger partial charge is 0.335 e. The SMILES string of the molecule is O=C(O)c1cc(C(F)F)c2ccccc2c1. The first kappa shape index (κ1) is 10.5.